The van der Waals surface area contributed by atoms with Gasteiger partial charge in [-0.2, -0.15) is 0 Å². The number of hydrogen-bond donors (Lipinski definition) is 2. The number of nitrogens with one attached hydrogen (secondary N) is 1. The van der Waals surface area contributed by atoms with Crippen LogP contribution in [-0.4, -0.2) is 4.98 Å². The number of aromatic nitrogens is 1. The molecule has 18 heavy (non-hydrogen) atoms. The van der Waals surface area contributed by atoms with E-state index in [1.54, 1.807) is 18.3 Å². The van der Waals surface area contributed by atoms with E-state index >= 15 is 0 Å². The first-order valence-electron chi connectivity index (χ1n) is 5.51. The van der Waals surface area contributed by atoms with Crippen molar-refractivity contribution in [2.75, 3.05) is 0 Å². The summed E-state index contributed by atoms with van der Waals surface area (Å²) >= 11 is 5.73. The summed E-state index contributed by atoms with van der Waals surface area (Å²) in [6.07, 6.45) is 2.24. The van der Waals surface area contributed by atoms with Crippen molar-refractivity contribution in [2.24, 2.45) is 5.84 Å². The standard InChI is InChI=1S/C13H13ClFN3/c14-13-5-4-10(8-17-13)12(18-16)7-9-2-1-3-11(15)6-9/h1-6,8,12,18H,7,16H2. The van der Waals surface area contributed by atoms with Crippen molar-refractivity contribution < 1.29 is 4.39 Å². The van der Waals surface area contributed by atoms with Gasteiger partial charge in [0.05, 0.1) is 6.04 Å². The van der Waals surface area contributed by atoms with Crippen LogP contribution in [-0.2, 0) is 6.42 Å². The molecule has 0 radical (unpaired) electrons. The summed E-state index contributed by atoms with van der Waals surface area (Å²) in [6.45, 7) is 0. The zero-order chi connectivity index (χ0) is 13.0. The van der Waals surface area contributed by atoms with E-state index in [4.69, 9.17) is 17.4 Å². The lowest BCUT2D eigenvalue weighted by Crippen LogP contribution is -2.29. The lowest BCUT2D eigenvalue weighted by Gasteiger charge is -2.16. The van der Waals surface area contributed by atoms with Gasteiger partial charge in [0.25, 0.3) is 0 Å². The van der Waals surface area contributed by atoms with Crippen LogP contribution >= 0.6 is 11.6 Å². The van der Waals surface area contributed by atoms with Gasteiger partial charge in [-0.25, -0.2) is 9.37 Å². The fraction of sp³-hybridized carbons (Fsp3) is 0.154. The summed E-state index contributed by atoms with van der Waals surface area (Å²) in [7, 11) is 0. The Labute approximate surface area is 110 Å². The third-order valence-electron chi connectivity index (χ3n) is 2.68. The number of hydrogen-bond acceptors (Lipinski definition) is 3. The smallest absolute Gasteiger partial charge is 0.129 e. The molecule has 0 spiro atoms. The molecule has 0 saturated heterocycles. The van der Waals surface area contributed by atoms with Gasteiger partial charge >= 0.3 is 0 Å². The number of halogens is 2. The largest absolute Gasteiger partial charge is 0.271 e. The van der Waals surface area contributed by atoms with Crippen molar-refractivity contribution in [3.05, 3.63) is 64.7 Å². The number of hydrazine groups is 1. The van der Waals surface area contributed by atoms with Crippen molar-refractivity contribution in [1.29, 1.82) is 0 Å². The molecule has 0 aliphatic rings. The fourth-order valence-corrected chi connectivity index (χ4v) is 1.88. The maximum absolute atomic E-state index is 13.1. The first-order valence-corrected chi connectivity index (χ1v) is 5.89. The molecule has 94 valence electrons. The van der Waals surface area contributed by atoms with Crippen LogP contribution in [0.25, 0.3) is 0 Å². The highest BCUT2D eigenvalue weighted by Gasteiger charge is 2.11. The second-order valence-corrected chi connectivity index (χ2v) is 4.35. The Morgan fingerprint density at radius 1 is 1.33 bits per heavy atom. The minimum absolute atomic E-state index is 0.128. The molecular formula is C13H13ClFN3. The number of benzene rings is 1. The van der Waals surface area contributed by atoms with E-state index in [9.17, 15) is 4.39 Å². The van der Waals surface area contributed by atoms with Crippen LogP contribution in [0.1, 0.15) is 17.2 Å². The van der Waals surface area contributed by atoms with Gasteiger partial charge < -0.3 is 0 Å². The summed E-state index contributed by atoms with van der Waals surface area (Å²) in [4.78, 5) is 4.00. The molecule has 1 heterocycles. The average Bonchev–Trinajstić information content (AvgIpc) is 2.37. The number of rotatable bonds is 4. The second-order valence-electron chi connectivity index (χ2n) is 3.97. The van der Waals surface area contributed by atoms with Crippen molar-refractivity contribution in [2.45, 2.75) is 12.5 Å². The highest BCUT2D eigenvalue weighted by atomic mass is 35.5. The number of nitrogens with zero attached hydrogens (tertiary/aromatic N) is 1. The zero-order valence-corrected chi connectivity index (χ0v) is 10.4. The molecule has 3 nitrogen and oxygen atoms in total. The van der Waals surface area contributed by atoms with Crippen LogP contribution in [0.2, 0.25) is 5.15 Å². The third-order valence-corrected chi connectivity index (χ3v) is 2.91. The molecule has 3 N–H and O–H groups in total. The van der Waals surface area contributed by atoms with Crippen LogP contribution in [0.15, 0.2) is 42.6 Å². The summed E-state index contributed by atoms with van der Waals surface area (Å²) in [6, 6.07) is 9.86. The predicted octanol–water partition coefficient (Wildman–Crippen LogP) is 2.62. The van der Waals surface area contributed by atoms with Gasteiger partial charge in [0.1, 0.15) is 11.0 Å². The third kappa shape index (κ3) is 3.26. The second kappa shape index (κ2) is 5.91. The van der Waals surface area contributed by atoms with Crippen LogP contribution in [0.3, 0.4) is 0 Å². The first kappa shape index (κ1) is 13.0. The molecule has 1 unspecified atom stereocenters. The molecule has 0 saturated carbocycles. The van der Waals surface area contributed by atoms with E-state index in [-0.39, 0.29) is 11.9 Å². The Hall–Kier alpha value is -1.49. The maximum Gasteiger partial charge on any atom is 0.129 e. The molecule has 0 fully saturated rings. The van der Waals surface area contributed by atoms with Crippen molar-refractivity contribution in [3.63, 3.8) is 0 Å². The van der Waals surface area contributed by atoms with E-state index in [1.807, 2.05) is 12.1 Å². The van der Waals surface area contributed by atoms with Gasteiger partial charge in [-0.15, -0.1) is 0 Å². The van der Waals surface area contributed by atoms with Crippen LogP contribution < -0.4 is 11.3 Å². The molecule has 2 aromatic rings. The molecular weight excluding hydrogens is 253 g/mol. The summed E-state index contributed by atoms with van der Waals surface area (Å²) in [5, 5.41) is 0.431. The average molecular weight is 266 g/mol. The molecule has 1 aromatic carbocycles. The molecule has 1 atom stereocenters. The van der Waals surface area contributed by atoms with Gasteiger partial charge in [-0.05, 0) is 35.7 Å². The molecule has 1 aromatic heterocycles. The van der Waals surface area contributed by atoms with E-state index in [0.717, 1.165) is 11.1 Å². The first-order chi connectivity index (χ1) is 8.69. The van der Waals surface area contributed by atoms with E-state index < -0.39 is 0 Å². The summed E-state index contributed by atoms with van der Waals surface area (Å²) in [5.41, 5.74) is 4.48. The van der Waals surface area contributed by atoms with Gasteiger partial charge in [0.15, 0.2) is 0 Å². The quantitative estimate of drug-likeness (QED) is 0.508. The highest BCUT2D eigenvalue weighted by Crippen LogP contribution is 2.18. The predicted molar refractivity (Wildman–Crippen MR) is 69.4 cm³/mol. The monoisotopic (exact) mass is 265 g/mol. The van der Waals surface area contributed by atoms with Gasteiger partial charge in [0.2, 0.25) is 0 Å². The van der Waals surface area contributed by atoms with E-state index in [2.05, 4.69) is 10.4 Å². The lowest BCUT2D eigenvalue weighted by atomic mass is 10.0. The fourth-order valence-electron chi connectivity index (χ4n) is 1.77. The molecule has 0 aliphatic carbocycles. The molecule has 0 bridgehead atoms. The van der Waals surface area contributed by atoms with E-state index in [0.29, 0.717) is 11.6 Å². The minimum atomic E-state index is -0.252. The molecule has 2 rings (SSSR count). The normalized spacial score (nSPS) is 12.4. The Morgan fingerprint density at radius 2 is 2.17 bits per heavy atom. The zero-order valence-electron chi connectivity index (χ0n) is 9.61. The SMILES string of the molecule is NNC(Cc1cccc(F)c1)c1ccc(Cl)nc1. The highest BCUT2D eigenvalue weighted by molar-refractivity contribution is 6.29. The van der Waals surface area contributed by atoms with Crippen molar-refractivity contribution >= 4 is 11.6 Å². The summed E-state index contributed by atoms with van der Waals surface area (Å²) in [5.74, 6) is 5.27. The van der Waals surface area contributed by atoms with Crippen molar-refractivity contribution in [1.82, 2.24) is 10.4 Å². The Balaban J connectivity index is 2.17. The maximum atomic E-state index is 13.1. The van der Waals surface area contributed by atoms with Gasteiger partial charge in [-0.1, -0.05) is 29.8 Å². The van der Waals surface area contributed by atoms with Gasteiger partial charge in [-0.3, -0.25) is 11.3 Å². The molecule has 5 heteroatoms. The Bertz CT molecular complexity index is 516. The van der Waals surface area contributed by atoms with Gasteiger partial charge in [0, 0.05) is 6.20 Å². The topological polar surface area (TPSA) is 50.9 Å². The Kier molecular flexibility index (Phi) is 4.25. The number of pyridine rings is 1. The summed E-state index contributed by atoms with van der Waals surface area (Å²) < 4.78 is 13.1. The molecule has 0 amide bonds. The Morgan fingerprint density at radius 3 is 2.78 bits per heavy atom. The van der Waals surface area contributed by atoms with Crippen LogP contribution in [0.5, 0.6) is 0 Å². The number of nitrogens with two attached hydrogens (primary N) is 1. The van der Waals surface area contributed by atoms with Crippen molar-refractivity contribution in [3.8, 4) is 0 Å². The van der Waals surface area contributed by atoms with E-state index in [1.165, 1.54) is 12.1 Å². The van der Waals surface area contributed by atoms with Crippen LogP contribution in [0, 0.1) is 5.82 Å². The minimum Gasteiger partial charge on any atom is -0.271 e. The lowest BCUT2D eigenvalue weighted by molar-refractivity contribution is 0.547. The molecule has 0 aliphatic heterocycles. The van der Waals surface area contributed by atoms with Crippen LogP contribution in [0.4, 0.5) is 4.39 Å².